The zero-order valence-electron chi connectivity index (χ0n) is 11.0. The van der Waals surface area contributed by atoms with Gasteiger partial charge in [-0.1, -0.05) is 19.1 Å². The summed E-state index contributed by atoms with van der Waals surface area (Å²) in [5, 5.41) is 18.1. The van der Waals surface area contributed by atoms with Crippen LogP contribution < -0.4 is 0 Å². The monoisotopic (exact) mass is 237 g/mol. The maximum absolute atomic E-state index is 10.3. The molecule has 1 N–H and O–H groups in total. The van der Waals surface area contributed by atoms with E-state index in [-0.39, 0.29) is 0 Å². The normalized spacial score (nSPS) is 27.4. The summed E-state index contributed by atoms with van der Waals surface area (Å²) in [6, 6.07) is 0. The lowest BCUT2D eigenvalue weighted by Crippen LogP contribution is -2.24. The molecule has 1 saturated carbocycles. The van der Waals surface area contributed by atoms with Crippen LogP contribution in [-0.4, -0.2) is 20.1 Å². The van der Waals surface area contributed by atoms with Gasteiger partial charge in [-0.25, -0.2) is 4.68 Å². The highest BCUT2D eigenvalue weighted by Crippen LogP contribution is 2.38. The van der Waals surface area contributed by atoms with Gasteiger partial charge in [-0.3, -0.25) is 0 Å². The molecule has 0 radical (unpaired) electrons. The molecule has 0 bridgehead atoms. The topological polar surface area (TPSA) is 50.9 Å². The van der Waals surface area contributed by atoms with E-state index in [0.29, 0.717) is 5.92 Å². The van der Waals surface area contributed by atoms with Crippen LogP contribution in [0.4, 0.5) is 0 Å². The summed E-state index contributed by atoms with van der Waals surface area (Å²) in [6.45, 7) is 4.60. The maximum atomic E-state index is 10.3. The van der Waals surface area contributed by atoms with Crippen LogP contribution in [0.2, 0.25) is 0 Å². The van der Waals surface area contributed by atoms with Crippen molar-refractivity contribution in [3.63, 3.8) is 0 Å². The van der Waals surface area contributed by atoms with Crippen LogP contribution in [0, 0.1) is 17.8 Å². The molecule has 4 heteroatoms. The van der Waals surface area contributed by atoms with Gasteiger partial charge in [0.05, 0.1) is 11.9 Å². The number of nitrogens with zero attached hydrogens (tertiary/aromatic N) is 3. The van der Waals surface area contributed by atoms with Crippen molar-refractivity contribution in [1.82, 2.24) is 15.0 Å². The lowest BCUT2D eigenvalue weighted by molar-refractivity contribution is 0.0608. The Balaban J connectivity index is 1.95. The third kappa shape index (κ3) is 2.68. The minimum Gasteiger partial charge on any atom is -0.386 e. The number of aliphatic hydroxyl groups is 1. The number of aryl methyl sites for hydroxylation is 1. The summed E-state index contributed by atoms with van der Waals surface area (Å²) in [4.78, 5) is 0. The van der Waals surface area contributed by atoms with Crippen LogP contribution in [0.3, 0.4) is 0 Å². The second kappa shape index (κ2) is 5.17. The molecule has 1 aromatic heterocycles. The highest BCUT2D eigenvalue weighted by Gasteiger charge is 2.29. The second-order valence-electron chi connectivity index (χ2n) is 5.65. The molecule has 0 amide bonds. The van der Waals surface area contributed by atoms with Gasteiger partial charge in [-0.2, -0.15) is 0 Å². The van der Waals surface area contributed by atoms with E-state index in [0.717, 1.165) is 30.4 Å². The Morgan fingerprint density at radius 1 is 1.24 bits per heavy atom. The van der Waals surface area contributed by atoms with Gasteiger partial charge < -0.3 is 5.11 Å². The molecule has 4 nitrogen and oxygen atoms in total. The first kappa shape index (κ1) is 12.6. The van der Waals surface area contributed by atoms with Crippen molar-refractivity contribution in [3.8, 4) is 0 Å². The minimum absolute atomic E-state index is 0.377. The summed E-state index contributed by atoms with van der Waals surface area (Å²) in [5.74, 6) is 1.98. The SMILES string of the molecule is CC(C)C1CCC(C(O)c2cnnn2C)CC1. The smallest absolute Gasteiger partial charge is 0.100 e. The Labute approximate surface area is 103 Å². The Kier molecular flexibility index (Phi) is 3.82. The Bertz CT molecular complexity index is 353. The van der Waals surface area contributed by atoms with Crippen molar-refractivity contribution in [2.75, 3.05) is 0 Å². The van der Waals surface area contributed by atoms with Crippen molar-refractivity contribution in [3.05, 3.63) is 11.9 Å². The fraction of sp³-hybridized carbons (Fsp3) is 0.846. The van der Waals surface area contributed by atoms with E-state index in [1.807, 2.05) is 7.05 Å². The number of aromatic nitrogens is 3. The zero-order chi connectivity index (χ0) is 12.4. The molecule has 1 aromatic rings. The fourth-order valence-corrected chi connectivity index (χ4v) is 2.93. The van der Waals surface area contributed by atoms with Gasteiger partial charge >= 0.3 is 0 Å². The van der Waals surface area contributed by atoms with Crippen LogP contribution in [0.25, 0.3) is 0 Å². The van der Waals surface area contributed by atoms with Crippen LogP contribution >= 0.6 is 0 Å². The molecule has 0 saturated heterocycles. The van der Waals surface area contributed by atoms with Crippen molar-refractivity contribution in [2.24, 2.45) is 24.8 Å². The molecular formula is C13H23N3O. The Morgan fingerprint density at radius 2 is 1.82 bits per heavy atom. The fourth-order valence-electron chi connectivity index (χ4n) is 2.93. The molecule has 1 aliphatic carbocycles. The van der Waals surface area contributed by atoms with E-state index < -0.39 is 6.10 Å². The molecule has 0 aromatic carbocycles. The lowest BCUT2D eigenvalue weighted by Gasteiger charge is -2.33. The molecule has 1 aliphatic rings. The first-order valence-electron chi connectivity index (χ1n) is 6.62. The summed E-state index contributed by atoms with van der Waals surface area (Å²) in [7, 11) is 1.84. The summed E-state index contributed by atoms with van der Waals surface area (Å²) in [6.07, 6.45) is 6.00. The number of hydrogen-bond acceptors (Lipinski definition) is 3. The highest BCUT2D eigenvalue weighted by molar-refractivity contribution is 5.01. The van der Waals surface area contributed by atoms with E-state index in [4.69, 9.17) is 0 Å². The predicted molar refractivity (Wildman–Crippen MR) is 66.2 cm³/mol. The molecule has 17 heavy (non-hydrogen) atoms. The van der Waals surface area contributed by atoms with Crippen molar-refractivity contribution in [2.45, 2.75) is 45.6 Å². The van der Waals surface area contributed by atoms with Gasteiger partial charge in [0, 0.05) is 7.05 Å². The molecule has 1 fully saturated rings. The predicted octanol–water partition coefficient (Wildman–Crippen LogP) is 2.31. The molecular weight excluding hydrogens is 214 g/mol. The van der Waals surface area contributed by atoms with Crippen LogP contribution in [0.1, 0.15) is 51.3 Å². The van der Waals surface area contributed by atoms with Crippen molar-refractivity contribution >= 4 is 0 Å². The Hall–Kier alpha value is -0.900. The number of aliphatic hydroxyl groups excluding tert-OH is 1. The minimum atomic E-state index is -0.400. The first-order chi connectivity index (χ1) is 8.09. The average molecular weight is 237 g/mol. The van der Waals surface area contributed by atoms with E-state index in [2.05, 4.69) is 24.2 Å². The molecule has 1 unspecified atom stereocenters. The van der Waals surface area contributed by atoms with Gasteiger partial charge in [0.1, 0.15) is 6.10 Å². The molecule has 0 aliphatic heterocycles. The van der Waals surface area contributed by atoms with Crippen LogP contribution in [0.15, 0.2) is 6.20 Å². The Morgan fingerprint density at radius 3 is 2.29 bits per heavy atom. The van der Waals surface area contributed by atoms with Crippen LogP contribution in [0.5, 0.6) is 0 Å². The van der Waals surface area contributed by atoms with Gasteiger partial charge in [0.15, 0.2) is 0 Å². The lowest BCUT2D eigenvalue weighted by atomic mass is 9.75. The molecule has 96 valence electrons. The third-order valence-corrected chi connectivity index (χ3v) is 4.26. The first-order valence-corrected chi connectivity index (χ1v) is 6.62. The van der Waals surface area contributed by atoms with Gasteiger partial charge in [-0.05, 0) is 43.4 Å². The number of hydrogen-bond donors (Lipinski definition) is 1. The standard InChI is InChI=1S/C13H23N3O/c1-9(2)10-4-6-11(7-5-10)13(17)12-8-14-15-16(12)3/h8-11,13,17H,4-7H2,1-3H3. The average Bonchev–Trinajstić information content (AvgIpc) is 2.74. The quantitative estimate of drug-likeness (QED) is 0.877. The number of rotatable bonds is 3. The van der Waals surface area contributed by atoms with E-state index in [9.17, 15) is 5.11 Å². The van der Waals surface area contributed by atoms with Crippen molar-refractivity contribution < 1.29 is 5.11 Å². The highest BCUT2D eigenvalue weighted by atomic mass is 16.3. The van der Waals surface area contributed by atoms with Crippen LogP contribution in [-0.2, 0) is 7.05 Å². The third-order valence-electron chi connectivity index (χ3n) is 4.26. The van der Waals surface area contributed by atoms with Gasteiger partial charge in [0.25, 0.3) is 0 Å². The molecule has 0 spiro atoms. The largest absolute Gasteiger partial charge is 0.386 e. The van der Waals surface area contributed by atoms with E-state index in [1.54, 1.807) is 10.9 Å². The molecule has 2 rings (SSSR count). The maximum Gasteiger partial charge on any atom is 0.100 e. The molecule has 1 heterocycles. The van der Waals surface area contributed by atoms with Gasteiger partial charge in [-0.15, -0.1) is 5.10 Å². The van der Waals surface area contributed by atoms with E-state index in [1.165, 1.54) is 12.8 Å². The summed E-state index contributed by atoms with van der Waals surface area (Å²) < 4.78 is 1.68. The second-order valence-corrected chi connectivity index (χ2v) is 5.65. The summed E-state index contributed by atoms with van der Waals surface area (Å²) in [5.41, 5.74) is 0.845. The van der Waals surface area contributed by atoms with Gasteiger partial charge in [0.2, 0.25) is 0 Å². The van der Waals surface area contributed by atoms with E-state index >= 15 is 0 Å². The molecule has 1 atom stereocenters. The summed E-state index contributed by atoms with van der Waals surface area (Å²) >= 11 is 0. The van der Waals surface area contributed by atoms with Crippen molar-refractivity contribution in [1.29, 1.82) is 0 Å². The zero-order valence-corrected chi connectivity index (χ0v) is 11.0.